The van der Waals surface area contributed by atoms with Gasteiger partial charge in [0.05, 0.1) is 50.7 Å². The average molecular weight is 721 g/mol. The second kappa shape index (κ2) is 19.1. The molecule has 4 heterocycles. The van der Waals surface area contributed by atoms with E-state index in [1.165, 1.54) is 24.7 Å². The van der Waals surface area contributed by atoms with E-state index in [1.807, 2.05) is 19.9 Å². The number of esters is 2. The van der Waals surface area contributed by atoms with Crippen LogP contribution in [0.2, 0.25) is 5.15 Å². The first-order valence-electron chi connectivity index (χ1n) is 16.4. The molecule has 17 heteroatoms. The van der Waals surface area contributed by atoms with Crippen LogP contribution in [0.1, 0.15) is 75.0 Å². The molecule has 2 aromatic carbocycles. The van der Waals surface area contributed by atoms with Gasteiger partial charge in [-0.25, -0.2) is 9.97 Å². The second-order valence-electron chi connectivity index (χ2n) is 11.0. The Morgan fingerprint density at radius 1 is 0.765 bits per heavy atom. The number of phenolic OH excluding ortho intramolecular Hbond substituents is 1. The lowest BCUT2D eigenvalue weighted by molar-refractivity contribution is -0.146. The molecule has 0 fully saturated rings. The molecule has 0 radical (unpaired) electrons. The fraction of sp³-hybridized carbons (Fsp3) is 0.353. The number of halogens is 1. The van der Waals surface area contributed by atoms with Crippen LogP contribution in [-0.4, -0.2) is 74.5 Å². The van der Waals surface area contributed by atoms with E-state index in [2.05, 4.69) is 19.9 Å². The summed E-state index contributed by atoms with van der Waals surface area (Å²) in [6, 6.07) is 6.69. The van der Waals surface area contributed by atoms with Crippen molar-refractivity contribution in [3.05, 3.63) is 88.9 Å². The Morgan fingerprint density at radius 3 is 1.75 bits per heavy atom. The van der Waals surface area contributed by atoms with Gasteiger partial charge in [-0.15, -0.1) is 0 Å². The smallest absolute Gasteiger partial charge is 0.492 e. The maximum absolute atomic E-state index is 11.8. The number of aryl methyl sites for hydroxylation is 2. The Hall–Kier alpha value is -4.60. The highest BCUT2D eigenvalue weighted by molar-refractivity contribution is 6.62. The summed E-state index contributed by atoms with van der Waals surface area (Å²) in [5.41, 5.74) is 4.58. The number of ether oxygens (including phenoxy) is 3. The maximum Gasteiger partial charge on any atom is 0.492 e. The molecule has 2 aromatic heterocycles. The number of carbonyl (C=O) groups is 2. The normalized spacial score (nSPS) is 15.4. The molecule has 0 aliphatic carbocycles. The summed E-state index contributed by atoms with van der Waals surface area (Å²) >= 11 is 5.37. The highest BCUT2D eigenvalue weighted by Crippen LogP contribution is 2.34. The lowest BCUT2D eigenvalue weighted by atomic mass is 9.77. The molecule has 0 spiro atoms. The number of carbonyl (C=O) groups excluding carboxylic acids is 2. The van der Waals surface area contributed by atoms with Gasteiger partial charge in [0.1, 0.15) is 16.7 Å². The Balaban J connectivity index is 0.000000197. The Kier molecular flexibility index (Phi) is 14.7. The molecule has 4 aromatic rings. The van der Waals surface area contributed by atoms with Gasteiger partial charge in [0.2, 0.25) is 5.88 Å². The predicted octanol–water partition coefficient (Wildman–Crippen LogP) is 3.34. The Morgan fingerprint density at radius 2 is 1.29 bits per heavy atom. The minimum absolute atomic E-state index is 0.0647. The van der Waals surface area contributed by atoms with Crippen LogP contribution in [0.3, 0.4) is 0 Å². The number of hydrogen-bond acceptors (Lipinski definition) is 14. The summed E-state index contributed by atoms with van der Waals surface area (Å²) in [7, 11) is -2.21. The van der Waals surface area contributed by atoms with Crippen molar-refractivity contribution in [2.45, 2.75) is 65.6 Å². The van der Waals surface area contributed by atoms with Crippen LogP contribution >= 0.6 is 11.6 Å². The van der Waals surface area contributed by atoms with Gasteiger partial charge in [-0.05, 0) is 84.1 Å². The van der Waals surface area contributed by atoms with Crippen LogP contribution in [0.4, 0.5) is 0 Å². The first-order chi connectivity index (χ1) is 24.6. The van der Waals surface area contributed by atoms with E-state index in [1.54, 1.807) is 44.6 Å². The van der Waals surface area contributed by atoms with Crippen molar-refractivity contribution < 1.29 is 48.3 Å². The Bertz CT molecular complexity index is 1760. The van der Waals surface area contributed by atoms with Crippen LogP contribution in [0.5, 0.6) is 17.4 Å². The fourth-order valence-corrected chi connectivity index (χ4v) is 5.76. The molecule has 14 nitrogen and oxygen atoms in total. The van der Waals surface area contributed by atoms with E-state index in [9.17, 15) is 24.7 Å². The SMILES string of the molecule is CCOC(=O)CC1OB(O)c2cc(O)cc(CC)c21.CCOC(=O)CC1OB(O)c2cc(Oc3cnccn3)cc(CC)c21.Clc1cnccn1. The zero-order chi connectivity index (χ0) is 36.9. The van der Waals surface area contributed by atoms with Gasteiger partial charge in [-0.2, -0.15) is 0 Å². The summed E-state index contributed by atoms with van der Waals surface area (Å²) < 4.78 is 26.6. The fourth-order valence-electron chi connectivity index (χ4n) is 5.64. The Labute approximate surface area is 301 Å². The summed E-state index contributed by atoms with van der Waals surface area (Å²) in [5.74, 6) is 0.281. The third-order valence-electron chi connectivity index (χ3n) is 7.69. The highest BCUT2D eigenvalue weighted by Gasteiger charge is 2.39. The third kappa shape index (κ3) is 10.7. The summed E-state index contributed by atoms with van der Waals surface area (Å²) in [6.45, 7) is 8.06. The number of aromatic nitrogens is 4. The van der Waals surface area contributed by atoms with Crippen LogP contribution < -0.4 is 15.7 Å². The van der Waals surface area contributed by atoms with Crippen molar-refractivity contribution in [2.24, 2.45) is 0 Å². The van der Waals surface area contributed by atoms with Crippen molar-refractivity contribution in [3.8, 4) is 17.4 Å². The maximum atomic E-state index is 11.8. The van der Waals surface area contributed by atoms with Crippen LogP contribution in [0.25, 0.3) is 0 Å². The first-order valence-corrected chi connectivity index (χ1v) is 16.8. The molecule has 0 amide bonds. The minimum Gasteiger partial charge on any atom is -0.508 e. The lowest BCUT2D eigenvalue weighted by Gasteiger charge is -2.15. The molecule has 6 rings (SSSR count). The molecule has 0 saturated heterocycles. The third-order valence-corrected chi connectivity index (χ3v) is 7.88. The van der Waals surface area contributed by atoms with Gasteiger partial charge in [0, 0.05) is 24.8 Å². The van der Waals surface area contributed by atoms with Gasteiger partial charge in [0.25, 0.3) is 0 Å². The number of hydrogen-bond donors (Lipinski definition) is 3. The van der Waals surface area contributed by atoms with E-state index in [0.29, 0.717) is 53.8 Å². The number of rotatable bonds is 10. The molecule has 0 bridgehead atoms. The zero-order valence-corrected chi connectivity index (χ0v) is 29.4. The molecular weight excluding hydrogens is 681 g/mol. The molecule has 2 aliphatic rings. The molecule has 2 aliphatic heterocycles. The van der Waals surface area contributed by atoms with E-state index in [4.69, 9.17) is 35.1 Å². The molecular formula is C34H39B2ClN4O10. The van der Waals surface area contributed by atoms with E-state index >= 15 is 0 Å². The van der Waals surface area contributed by atoms with Crippen molar-refractivity contribution in [2.75, 3.05) is 13.2 Å². The van der Waals surface area contributed by atoms with E-state index in [-0.39, 0.29) is 30.5 Å². The number of aromatic hydroxyl groups is 1. The van der Waals surface area contributed by atoms with Crippen LogP contribution in [-0.2, 0) is 41.2 Å². The zero-order valence-electron chi connectivity index (χ0n) is 28.7. The topological polar surface area (TPSA) is 193 Å². The number of nitrogens with zero attached hydrogens (tertiary/aromatic N) is 4. The van der Waals surface area contributed by atoms with Crippen LogP contribution in [0, 0.1) is 0 Å². The number of benzene rings is 2. The standard InChI is InChI=1S/C17H19BN2O5.C13H17BO5.C4H3ClN2/c1-3-11-7-12(24-15-10-19-5-6-20-15)8-13-17(11)14(25-18(13)22)9-16(21)23-4-2;1-3-8-5-9(15)6-10-13(8)11(19-14(10)17)7-12(16)18-4-2;5-4-3-6-1-2-7-4/h5-8,10,14,22H,3-4,9H2,1-2H3;5-6,11,15,17H,3-4,7H2,1-2H3;1-3H. The highest BCUT2D eigenvalue weighted by atomic mass is 35.5. The number of phenols is 1. The summed E-state index contributed by atoms with van der Waals surface area (Å²) in [6.07, 6.45) is 9.70. The molecule has 51 heavy (non-hydrogen) atoms. The van der Waals surface area contributed by atoms with Gasteiger partial charge >= 0.3 is 26.2 Å². The van der Waals surface area contributed by atoms with Crippen molar-refractivity contribution in [3.63, 3.8) is 0 Å². The molecule has 0 saturated carbocycles. The lowest BCUT2D eigenvalue weighted by Crippen LogP contribution is -2.28. The molecule has 2 unspecified atom stereocenters. The van der Waals surface area contributed by atoms with Crippen molar-refractivity contribution in [1.82, 2.24) is 19.9 Å². The predicted molar refractivity (Wildman–Crippen MR) is 188 cm³/mol. The van der Waals surface area contributed by atoms with Crippen molar-refractivity contribution >= 4 is 48.7 Å². The molecule has 3 N–H and O–H groups in total. The molecule has 2 atom stereocenters. The largest absolute Gasteiger partial charge is 0.508 e. The molecule has 268 valence electrons. The van der Waals surface area contributed by atoms with Gasteiger partial charge in [0.15, 0.2) is 0 Å². The van der Waals surface area contributed by atoms with E-state index < -0.39 is 26.4 Å². The van der Waals surface area contributed by atoms with Gasteiger partial charge in [-0.3, -0.25) is 19.6 Å². The average Bonchev–Trinajstić information content (AvgIpc) is 3.59. The minimum atomic E-state index is -1.11. The van der Waals surface area contributed by atoms with Crippen LogP contribution in [0.15, 0.2) is 61.4 Å². The quantitative estimate of drug-likeness (QED) is 0.160. The van der Waals surface area contributed by atoms with E-state index in [0.717, 1.165) is 22.3 Å². The second-order valence-corrected chi connectivity index (χ2v) is 11.4. The van der Waals surface area contributed by atoms with Crippen molar-refractivity contribution in [1.29, 1.82) is 0 Å². The summed E-state index contributed by atoms with van der Waals surface area (Å²) in [4.78, 5) is 38.8. The number of fused-ring (bicyclic) bond motifs is 2. The monoisotopic (exact) mass is 720 g/mol. The van der Waals surface area contributed by atoms with Gasteiger partial charge in [-0.1, -0.05) is 25.4 Å². The van der Waals surface area contributed by atoms with Gasteiger partial charge < -0.3 is 38.7 Å². The first kappa shape index (κ1) is 39.2. The summed E-state index contributed by atoms with van der Waals surface area (Å²) in [5, 5.41) is 30.2.